The van der Waals surface area contributed by atoms with Crippen LogP contribution >= 0.6 is 0 Å². The van der Waals surface area contributed by atoms with E-state index in [1.807, 2.05) is 36.4 Å². The molecule has 3 aromatic carbocycles. The summed E-state index contributed by atoms with van der Waals surface area (Å²) in [6, 6.07) is 15.8. The molecule has 0 bridgehead atoms. The van der Waals surface area contributed by atoms with Crippen molar-refractivity contribution >= 4 is 22.3 Å². The van der Waals surface area contributed by atoms with Gasteiger partial charge in [0.2, 0.25) is 0 Å². The average Bonchev–Trinajstić information content (AvgIpc) is 2.82. The highest BCUT2D eigenvalue weighted by Crippen LogP contribution is 2.33. The number of carbonyl (C=O) groups excluding carboxylic acids is 2. The third kappa shape index (κ3) is 4.55. The van der Waals surface area contributed by atoms with Crippen LogP contribution in [0.2, 0.25) is 0 Å². The lowest BCUT2D eigenvalue weighted by Crippen LogP contribution is -2.22. The van der Waals surface area contributed by atoms with Crippen molar-refractivity contribution in [3.05, 3.63) is 81.9 Å². The third-order valence-electron chi connectivity index (χ3n) is 6.80. The quantitative estimate of drug-likeness (QED) is 0.242. The minimum absolute atomic E-state index is 0.00676. The lowest BCUT2D eigenvalue weighted by Gasteiger charge is -2.21. The molecule has 3 aromatic rings. The molecule has 0 radical (unpaired) electrons. The van der Waals surface area contributed by atoms with Crippen molar-refractivity contribution in [1.29, 1.82) is 0 Å². The molecule has 0 aliphatic heterocycles. The first kappa shape index (κ1) is 22.5. The highest BCUT2D eigenvalue weighted by molar-refractivity contribution is 6.29. The summed E-state index contributed by atoms with van der Waals surface area (Å²) in [5, 5.41) is 2.01. The van der Waals surface area contributed by atoms with Gasteiger partial charge in [0, 0.05) is 22.3 Å². The highest BCUT2D eigenvalue weighted by atomic mass is 16.1. The zero-order chi connectivity index (χ0) is 22.5. The van der Waals surface area contributed by atoms with Crippen LogP contribution in [0, 0.1) is 0 Å². The van der Waals surface area contributed by atoms with E-state index in [2.05, 4.69) is 26.0 Å². The molecule has 0 heterocycles. The first-order valence-electron chi connectivity index (χ1n) is 12.4. The fourth-order valence-corrected chi connectivity index (χ4v) is 4.92. The number of hydrogen-bond acceptors (Lipinski definition) is 2. The van der Waals surface area contributed by atoms with Gasteiger partial charge in [-0.2, -0.15) is 0 Å². The summed E-state index contributed by atoms with van der Waals surface area (Å²) in [4.78, 5) is 27.0. The van der Waals surface area contributed by atoms with Crippen LogP contribution in [0.4, 0.5) is 0 Å². The molecular weight excluding hydrogens is 392 g/mol. The Morgan fingerprint density at radius 1 is 0.531 bits per heavy atom. The maximum absolute atomic E-state index is 13.5. The van der Waals surface area contributed by atoms with Gasteiger partial charge in [0.15, 0.2) is 11.6 Å². The second kappa shape index (κ2) is 10.3. The first-order chi connectivity index (χ1) is 15.6. The Labute approximate surface area is 192 Å². The Kier molecular flexibility index (Phi) is 7.19. The molecule has 166 valence electrons. The molecule has 0 atom stereocenters. The van der Waals surface area contributed by atoms with Gasteiger partial charge in [0.25, 0.3) is 0 Å². The van der Waals surface area contributed by atoms with Gasteiger partial charge in [-0.1, -0.05) is 76.6 Å². The maximum Gasteiger partial charge on any atom is 0.194 e. The van der Waals surface area contributed by atoms with Gasteiger partial charge in [0.05, 0.1) is 0 Å². The van der Waals surface area contributed by atoms with Crippen molar-refractivity contribution in [2.24, 2.45) is 0 Å². The number of benzene rings is 3. The number of fused-ring (bicyclic) bond motifs is 3. The van der Waals surface area contributed by atoms with Gasteiger partial charge < -0.3 is 0 Å². The molecular formula is C30H34O2. The zero-order valence-electron chi connectivity index (χ0n) is 19.5. The molecule has 2 nitrogen and oxygen atoms in total. The van der Waals surface area contributed by atoms with Crippen molar-refractivity contribution in [2.75, 3.05) is 0 Å². The number of ketones is 2. The highest BCUT2D eigenvalue weighted by Gasteiger charge is 2.31. The molecule has 0 fully saturated rings. The molecule has 1 aliphatic carbocycles. The topological polar surface area (TPSA) is 34.1 Å². The number of rotatable bonds is 10. The summed E-state index contributed by atoms with van der Waals surface area (Å²) >= 11 is 0. The molecule has 0 saturated carbocycles. The smallest absolute Gasteiger partial charge is 0.194 e. The predicted octanol–water partition coefficient (Wildman–Crippen LogP) is 7.86. The van der Waals surface area contributed by atoms with Crippen LogP contribution < -0.4 is 0 Å². The number of unbranched alkanes of at least 4 members (excludes halogenated alkanes) is 6. The Balaban J connectivity index is 1.72. The number of aryl methyl sites for hydroxylation is 2. The molecule has 0 N–H and O–H groups in total. The predicted molar refractivity (Wildman–Crippen MR) is 133 cm³/mol. The Hall–Kier alpha value is -2.74. The first-order valence-corrected chi connectivity index (χ1v) is 12.4. The minimum Gasteiger partial charge on any atom is -0.289 e. The summed E-state index contributed by atoms with van der Waals surface area (Å²) < 4.78 is 0. The fourth-order valence-electron chi connectivity index (χ4n) is 4.92. The third-order valence-corrected chi connectivity index (χ3v) is 6.80. The summed E-state index contributed by atoms with van der Waals surface area (Å²) in [6.45, 7) is 4.45. The molecule has 32 heavy (non-hydrogen) atoms. The van der Waals surface area contributed by atoms with Crippen LogP contribution in [0.15, 0.2) is 48.5 Å². The lowest BCUT2D eigenvalue weighted by atomic mass is 9.80. The van der Waals surface area contributed by atoms with Crippen LogP contribution in [-0.2, 0) is 12.8 Å². The van der Waals surface area contributed by atoms with Crippen molar-refractivity contribution in [2.45, 2.75) is 78.1 Å². The molecule has 1 aliphatic rings. The summed E-state index contributed by atoms with van der Waals surface area (Å²) in [6.07, 6.45) is 11.6. The van der Waals surface area contributed by atoms with Crippen molar-refractivity contribution in [3.8, 4) is 0 Å². The van der Waals surface area contributed by atoms with Gasteiger partial charge in [0.1, 0.15) is 0 Å². The monoisotopic (exact) mass is 426 g/mol. The van der Waals surface area contributed by atoms with E-state index in [1.54, 1.807) is 0 Å². The fraction of sp³-hybridized carbons (Fsp3) is 0.400. The van der Waals surface area contributed by atoms with E-state index < -0.39 is 0 Å². The minimum atomic E-state index is -0.00676. The molecule has 2 heteroatoms. The molecule has 0 unspecified atom stereocenters. The van der Waals surface area contributed by atoms with Crippen LogP contribution in [-0.4, -0.2) is 11.6 Å². The van der Waals surface area contributed by atoms with Crippen LogP contribution in [0.1, 0.15) is 108 Å². The van der Waals surface area contributed by atoms with E-state index in [1.165, 1.54) is 49.7 Å². The van der Waals surface area contributed by atoms with E-state index in [4.69, 9.17) is 0 Å². The molecule has 0 aromatic heterocycles. The SMILES string of the molecule is CCCCCCc1cc2c(cc1CCCCCC)C(=O)c1cc3ccccc3cc1C2=O. The molecule has 0 spiro atoms. The van der Waals surface area contributed by atoms with E-state index in [0.717, 1.165) is 36.5 Å². The molecule has 0 saturated heterocycles. The number of hydrogen-bond donors (Lipinski definition) is 0. The Morgan fingerprint density at radius 2 is 0.938 bits per heavy atom. The normalized spacial score (nSPS) is 12.8. The zero-order valence-corrected chi connectivity index (χ0v) is 19.5. The van der Waals surface area contributed by atoms with Crippen molar-refractivity contribution in [3.63, 3.8) is 0 Å². The van der Waals surface area contributed by atoms with Gasteiger partial charge >= 0.3 is 0 Å². The Bertz CT molecular complexity index is 1050. The van der Waals surface area contributed by atoms with Gasteiger partial charge in [-0.3, -0.25) is 9.59 Å². The number of carbonyl (C=O) groups is 2. The van der Waals surface area contributed by atoms with Crippen molar-refractivity contribution < 1.29 is 9.59 Å². The van der Waals surface area contributed by atoms with E-state index in [0.29, 0.717) is 22.3 Å². The van der Waals surface area contributed by atoms with Gasteiger partial charge in [-0.15, -0.1) is 0 Å². The summed E-state index contributed by atoms with van der Waals surface area (Å²) in [5.74, 6) is -0.0135. The van der Waals surface area contributed by atoms with E-state index >= 15 is 0 Å². The maximum atomic E-state index is 13.5. The largest absolute Gasteiger partial charge is 0.289 e. The second-order valence-corrected chi connectivity index (χ2v) is 9.19. The van der Waals surface area contributed by atoms with Crippen LogP contribution in [0.25, 0.3) is 10.8 Å². The molecule has 4 rings (SSSR count). The summed E-state index contributed by atoms with van der Waals surface area (Å²) in [7, 11) is 0. The van der Waals surface area contributed by atoms with Gasteiger partial charge in [-0.25, -0.2) is 0 Å². The van der Waals surface area contributed by atoms with Crippen molar-refractivity contribution in [1.82, 2.24) is 0 Å². The van der Waals surface area contributed by atoms with E-state index in [9.17, 15) is 9.59 Å². The van der Waals surface area contributed by atoms with Crippen LogP contribution in [0.3, 0.4) is 0 Å². The van der Waals surface area contributed by atoms with Gasteiger partial charge in [-0.05, 0) is 71.8 Å². The standard InChI is InChI=1S/C30H34O2/c1-3-5-7-9-13-21-17-25-26(18-22(21)14-10-8-6-4-2)30(32)28-20-24-16-12-11-15-23(24)19-27(28)29(25)31/h11-12,15-20H,3-10,13-14H2,1-2H3. The summed E-state index contributed by atoms with van der Waals surface area (Å²) in [5.41, 5.74) is 4.83. The average molecular weight is 427 g/mol. The van der Waals surface area contributed by atoms with Crippen LogP contribution in [0.5, 0.6) is 0 Å². The van der Waals surface area contributed by atoms with E-state index in [-0.39, 0.29) is 11.6 Å². The molecule has 0 amide bonds. The lowest BCUT2D eigenvalue weighted by molar-refractivity contribution is 0.0979. The second-order valence-electron chi connectivity index (χ2n) is 9.19. The Morgan fingerprint density at radius 3 is 1.34 bits per heavy atom.